The molecule has 0 amide bonds. The van der Waals surface area contributed by atoms with Crippen LogP contribution in [0.1, 0.15) is 37.4 Å². The molecule has 13 rings (SSSR count). The summed E-state index contributed by atoms with van der Waals surface area (Å²) < 4.78 is 2.52. The van der Waals surface area contributed by atoms with Gasteiger partial charge in [0.2, 0.25) is 0 Å². The average Bonchev–Trinajstić information content (AvgIpc) is 3.85. The quantitative estimate of drug-likeness (QED) is 0.145. The maximum Gasteiger partial charge on any atom is 0.0560 e. The summed E-state index contributed by atoms with van der Waals surface area (Å²) in [4.78, 5) is 2.41. The summed E-state index contributed by atoms with van der Waals surface area (Å²) in [5.41, 5.74) is 18.6. The Kier molecular flexibility index (Phi) is 9.05. The van der Waals surface area contributed by atoms with Crippen molar-refractivity contribution in [1.29, 1.82) is 0 Å². The van der Waals surface area contributed by atoms with Crippen molar-refractivity contribution in [3.63, 3.8) is 0 Å². The van der Waals surface area contributed by atoms with E-state index in [9.17, 15) is 0 Å². The Morgan fingerprint density at radius 3 is 1.87 bits per heavy atom. The third-order valence-corrected chi connectivity index (χ3v) is 14.7. The number of fused-ring (bicyclic) bond motifs is 9. The minimum atomic E-state index is -0.0540. The molecular weight excluding hydrogens is 809 g/mol. The number of anilines is 3. The molecule has 1 aromatic heterocycles. The Bertz CT molecular complexity index is 3810. The first-order valence-electron chi connectivity index (χ1n) is 23.6. The van der Waals surface area contributed by atoms with E-state index in [1.165, 1.54) is 99.0 Å². The molecule has 318 valence electrons. The largest absolute Gasteiger partial charge is 0.333 e. The van der Waals surface area contributed by atoms with Gasteiger partial charge in [0.1, 0.15) is 0 Å². The van der Waals surface area contributed by atoms with Gasteiger partial charge in [-0.3, -0.25) is 0 Å². The summed E-state index contributed by atoms with van der Waals surface area (Å²) in [7, 11) is 0. The lowest BCUT2D eigenvalue weighted by molar-refractivity contribution is 0.648. The molecule has 0 saturated heterocycles. The molecule has 1 heterocycles. The van der Waals surface area contributed by atoms with Gasteiger partial charge in [0, 0.05) is 44.3 Å². The van der Waals surface area contributed by atoms with E-state index in [1.807, 2.05) is 0 Å². The van der Waals surface area contributed by atoms with E-state index in [1.54, 1.807) is 0 Å². The van der Waals surface area contributed by atoms with Crippen LogP contribution in [0.3, 0.4) is 0 Å². The first-order valence-corrected chi connectivity index (χ1v) is 23.6. The van der Waals surface area contributed by atoms with E-state index in [2.05, 4.69) is 260 Å². The first kappa shape index (κ1) is 39.2. The number of aromatic nitrogens is 1. The van der Waals surface area contributed by atoms with E-state index >= 15 is 0 Å². The highest BCUT2D eigenvalue weighted by Crippen LogP contribution is 2.52. The van der Waals surface area contributed by atoms with Gasteiger partial charge in [0.25, 0.3) is 0 Å². The fourth-order valence-electron chi connectivity index (χ4n) is 11.4. The van der Waals surface area contributed by atoms with Gasteiger partial charge in [0.15, 0.2) is 0 Å². The van der Waals surface area contributed by atoms with Crippen LogP contribution in [-0.4, -0.2) is 4.57 Å². The van der Waals surface area contributed by atoms with Gasteiger partial charge in [-0.15, -0.1) is 0 Å². The van der Waals surface area contributed by atoms with Gasteiger partial charge in [-0.05, 0) is 138 Å². The molecule has 0 fully saturated rings. The lowest BCUT2D eigenvalue weighted by Gasteiger charge is -2.27. The van der Waals surface area contributed by atoms with Gasteiger partial charge in [-0.25, -0.2) is 0 Å². The summed E-state index contributed by atoms with van der Waals surface area (Å²) in [6, 6.07) is 79.3. The van der Waals surface area contributed by atoms with E-state index in [0.29, 0.717) is 6.04 Å². The molecule has 0 spiro atoms. The monoisotopic (exact) mass is 856 g/mol. The van der Waals surface area contributed by atoms with Crippen LogP contribution < -0.4 is 4.90 Å². The van der Waals surface area contributed by atoms with Gasteiger partial charge in [0.05, 0.1) is 6.04 Å². The van der Waals surface area contributed by atoms with Crippen molar-refractivity contribution in [2.24, 2.45) is 0 Å². The molecule has 2 heteroatoms. The maximum absolute atomic E-state index is 2.52. The maximum atomic E-state index is 2.52. The van der Waals surface area contributed by atoms with E-state index < -0.39 is 0 Å². The van der Waals surface area contributed by atoms with Crippen molar-refractivity contribution in [1.82, 2.24) is 4.57 Å². The molecule has 2 nitrogen and oxygen atoms in total. The third-order valence-electron chi connectivity index (χ3n) is 14.7. The Morgan fingerprint density at radius 1 is 0.418 bits per heavy atom. The smallest absolute Gasteiger partial charge is 0.0560 e. The second-order valence-electron chi connectivity index (χ2n) is 18.8. The Labute approximate surface area is 392 Å². The van der Waals surface area contributed by atoms with Crippen LogP contribution in [0.2, 0.25) is 0 Å². The minimum Gasteiger partial charge on any atom is -0.333 e. The van der Waals surface area contributed by atoms with Gasteiger partial charge >= 0.3 is 0 Å². The highest BCUT2D eigenvalue weighted by Gasteiger charge is 2.36. The van der Waals surface area contributed by atoms with Crippen molar-refractivity contribution in [2.75, 3.05) is 4.90 Å². The summed E-state index contributed by atoms with van der Waals surface area (Å²) in [6.45, 7) is 4.71. The van der Waals surface area contributed by atoms with Crippen molar-refractivity contribution in [3.05, 3.63) is 248 Å². The number of allylic oxidation sites excluding steroid dienone is 4. The van der Waals surface area contributed by atoms with Crippen LogP contribution in [-0.2, 0) is 5.41 Å². The van der Waals surface area contributed by atoms with Crippen molar-refractivity contribution >= 4 is 60.4 Å². The fraction of sp³-hybridized carbons (Fsp3) is 0.0769. The van der Waals surface area contributed by atoms with Crippen LogP contribution in [0, 0.1) is 0 Å². The number of nitrogens with zero attached hydrogens (tertiary/aromatic N) is 2. The highest BCUT2D eigenvalue weighted by molar-refractivity contribution is 6.12. The Morgan fingerprint density at radius 2 is 1.04 bits per heavy atom. The molecule has 0 saturated carbocycles. The summed E-state index contributed by atoms with van der Waals surface area (Å²) in [5, 5.41) is 7.66. The van der Waals surface area contributed by atoms with Crippen LogP contribution in [0.4, 0.5) is 17.1 Å². The fourth-order valence-corrected chi connectivity index (χ4v) is 11.4. The molecule has 11 aromatic rings. The molecule has 0 radical (unpaired) electrons. The lowest BCUT2D eigenvalue weighted by Crippen LogP contribution is -2.14. The second kappa shape index (κ2) is 15.5. The standard InChI is InChI=1S/C65H48N2/c1-65(2)60-26-10-8-22-58(60)64-54(24-14-27-61(64)65)45-31-37-50(38-32-45)66(49-35-29-44(30-36-49)53-23-13-25-55-52-20-7-6-15-43(52)33-39-56(53)55)51-19-12-16-46(41-51)47-34-40-63-59(42-47)57-21-9-11-28-62(57)67(63)48-17-4-3-5-18-48/h3-17,19-42,48H,18H2,1-2H3. The van der Waals surface area contributed by atoms with Crippen LogP contribution in [0.15, 0.2) is 237 Å². The number of hydrogen-bond donors (Lipinski definition) is 0. The predicted molar refractivity (Wildman–Crippen MR) is 285 cm³/mol. The minimum absolute atomic E-state index is 0.0540. The van der Waals surface area contributed by atoms with Crippen LogP contribution in [0.5, 0.6) is 0 Å². The van der Waals surface area contributed by atoms with Gasteiger partial charge in [-0.2, -0.15) is 0 Å². The number of rotatable bonds is 7. The van der Waals surface area contributed by atoms with Gasteiger partial charge < -0.3 is 9.47 Å². The zero-order chi connectivity index (χ0) is 44.6. The summed E-state index contributed by atoms with van der Waals surface area (Å²) >= 11 is 0. The van der Waals surface area contributed by atoms with E-state index in [-0.39, 0.29) is 5.41 Å². The first-order chi connectivity index (χ1) is 33.0. The van der Waals surface area contributed by atoms with Crippen molar-refractivity contribution < 1.29 is 0 Å². The van der Waals surface area contributed by atoms with Crippen LogP contribution >= 0.6 is 0 Å². The SMILES string of the molecule is CC1(C)c2ccccc2-c2c(-c3ccc(N(c4ccc(-c5cccc6c5ccc5ccccc56)cc4)c4cccc(-c5ccc6c(c5)c5ccccc5n6C5C=CC=CC5)c4)cc3)cccc21. The van der Waals surface area contributed by atoms with Crippen LogP contribution in [0.25, 0.3) is 87.9 Å². The molecule has 2 aliphatic rings. The number of benzene rings is 10. The third kappa shape index (κ3) is 6.32. The lowest BCUT2D eigenvalue weighted by atomic mass is 9.82. The number of para-hydroxylation sites is 1. The van der Waals surface area contributed by atoms with Crippen molar-refractivity contribution in [2.45, 2.75) is 31.7 Å². The van der Waals surface area contributed by atoms with E-state index in [0.717, 1.165) is 23.5 Å². The summed E-state index contributed by atoms with van der Waals surface area (Å²) in [6.07, 6.45) is 9.93. The molecule has 2 aliphatic carbocycles. The molecule has 67 heavy (non-hydrogen) atoms. The average molecular weight is 857 g/mol. The molecule has 10 aromatic carbocycles. The van der Waals surface area contributed by atoms with Gasteiger partial charge in [-0.1, -0.05) is 196 Å². The second-order valence-corrected chi connectivity index (χ2v) is 18.8. The molecule has 0 N–H and O–H groups in total. The number of hydrogen-bond acceptors (Lipinski definition) is 1. The van der Waals surface area contributed by atoms with Crippen molar-refractivity contribution in [3.8, 4) is 44.5 Å². The zero-order valence-corrected chi connectivity index (χ0v) is 37.7. The highest BCUT2D eigenvalue weighted by atomic mass is 15.1. The molecule has 0 aliphatic heterocycles. The molecule has 1 atom stereocenters. The molecular formula is C65H48N2. The Balaban J connectivity index is 0.926. The van der Waals surface area contributed by atoms with E-state index in [4.69, 9.17) is 0 Å². The zero-order valence-electron chi connectivity index (χ0n) is 37.7. The predicted octanol–water partition coefficient (Wildman–Crippen LogP) is 17.9. The molecule has 1 unspecified atom stereocenters. The topological polar surface area (TPSA) is 8.17 Å². The summed E-state index contributed by atoms with van der Waals surface area (Å²) in [5.74, 6) is 0. The molecule has 0 bridgehead atoms. The normalized spacial score (nSPS) is 14.8. The Hall–Kier alpha value is -8.20.